The van der Waals surface area contributed by atoms with E-state index in [0.29, 0.717) is 0 Å². The van der Waals surface area contributed by atoms with Crippen molar-refractivity contribution in [3.63, 3.8) is 0 Å². The van der Waals surface area contributed by atoms with E-state index in [2.05, 4.69) is 19.2 Å². The largest absolute Gasteiger partial charge is 0.480 e. The topological polar surface area (TPSA) is 66.4 Å². The molecule has 4 nitrogen and oxygen atoms in total. The minimum absolute atomic E-state index is 0.00176. The van der Waals surface area contributed by atoms with Crippen molar-refractivity contribution in [2.24, 2.45) is 17.3 Å². The van der Waals surface area contributed by atoms with Crippen molar-refractivity contribution in [1.82, 2.24) is 5.32 Å². The summed E-state index contributed by atoms with van der Waals surface area (Å²) in [5.74, 6) is -1.15. The van der Waals surface area contributed by atoms with E-state index in [1.165, 1.54) is 0 Å². The second-order valence-corrected chi connectivity index (χ2v) is 5.33. The Bertz CT molecular complexity index is 301. The standard InChI is InChI=1S/C12H21NO3/c1-5-12(4)6-8(12)10(14)13-9(7(2)3)11(15)16/h7-9H,5-6H2,1-4H3,(H,13,14)(H,15,16). The van der Waals surface area contributed by atoms with Crippen LogP contribution in [0.1, 0.15) is 40.5 Å². The molecule has 0 heterocycles. The van der Waals surface area contributed by atoms with Crippen LogP contribution in [0.3, 0.4) is 0 Å². The van der Waals surface area contributed by atoms with Crippen LogP contribution in [0.5, 0.6) is 0 Å². The predicted molar refractivity (Wildman–Crippen MR) is 60.9 cm³/mol. The lowest BCUT2D eigenvalue weighted by atomic mass is 10.0. The highest BCUT2D eigenvalue weighted by atomic mass is 16.4. The van der Waals surface area contributed by atoms with Gasteiger partial charge in [0.05, 0.1) is 0 Å². The smallest absolute Gasteiger partial charge is 0.326 e. The number of nitrogens with one attached hydrogen (secondary N) is 1. The van der Waals surface area contributed by atoms with Crippen molar-refractivity contribution in [3.05, 3.63) is 0 Å². The van der Waals surface area contributed by atoms with Crippen molar-refractivity contribution >= 4 is 11.9 Å². The maximum atomic E-state index is 11.8. The van der Waals surface area contributed by atoms with Crippen LogP contribution < -0.4 is 5.32 Å². The van der Waals surface area contributed by atoms with Crippen molar-refractivity contribution < 1.29 is 14.7 Å². The first-order valence-corrected chi connectivity index (χ1v) is 5.85. The fourth-order valence-electron chi connectivity index (χ4n) is 1.97. The van der Waals surface area contributed by atoms with Crippen molar-refractivity contribution in [2.45, 2.75) is 46.6 Å². The molecule has 1 amide bonds. The molecule has 1 fully saturated rings. The number of carbonyl (C=O) groups excluding carboxylic acids is 1. The fourth-order valence-corrected chi connectivity index (χ4v) is 1.97. The predicted octanol–water partition coefficient (Wildman–Crippen LogP) is 1.65. The molecule has 92 valence electrons. The Labute approximate surface area is 96.4 Å². The molecule has 0 aliphatic heterocycles. The van der Waals surface area contributed by atoms with E-state index >= 15 is 0 Å². The lowest BCUT2D eigenvalue weighted by Gasteiger charge is -2.18. The Hall–Kier alpha value is -1.06. The van der Waals surface area contributed by atoms with E-state index in [0.717, 1.165) is 12.8 Å². The van der Waals surface area contributed by atoms with Gasteiger partial charge in [-0.05, 0) is 24.2 Å². The van der Waals surface area contributed by atoms with Crippen LogP contribution in [0.25, 0.3) is 0 Å². The van der Waals surface area contributed by atoms with Crippen molar-refractivity contribution in [1.29, 1.82) is 0 Å². The first-order chi connectivity index (χ1) is 7.31. The number of rotatable bonds is 5. The lowest BCUT2D eigenvalue weighted by Crippen LogP contribution is -2.45. The number of aliphatic carboxylic acids is 1. The molecule has 0 bridgehead atoms. The third-order valence-corrected chi connectivity index (χ3v) is 3.71. The summed E-state index contributed by atoms with van der Waals surface area (Å²) in [7, 11) is 0. The normalized spacial score (nSPS) is 29.9. The zero-order valence-corrected chi connectivity index (χ0v) is 10.4. The van der Waals surface area contributed by atoms with Crippen LogP contribution in [-0.4, -0.2) is 23.0 Å². The molecule has 1 aliphatic carbocycles. The molecule has 16 heavy (non-hydrogen) atoms. The highest BCUT2D eigenvalue weighted by Gasteiger charge is 2.53. The van der Waals surface area contributed by atoms with E-state index in [4.69, 9.17) is 5.11 Å². The van der Waals surface area contributed by atoms with Gasteiger partial charge in [0.1, 0.15) is 6.04 Å². The Balaban J connectivity index is 2.55. The highest BCUT2D eigenvalue weighted by Crippen LogP contribution is 2.54. The molecule has 1 aliphatic rings. The number of carboxylic acids is 1. The molecule has 3 unspecified atom stereocenters. The number of amides is 1. The van der Waals surface area contributed by atoms with Gasteiger partial charge in [0.2, 0.25) is 5.91 Å². The highest BCUT2D eigenvalue weighted by molar-refractivity contribution is 5.87. The molecule has 0 aromatic heterocycles. The molecule has 0 aromatic carbocycles. The van der Waals surface area contributed by atoms with Gasteiger partial charge in [-0.15, -0.1) is 0 Å². The molecule has 1 saturated carbocycles. The molecule has 0 saturated heterocycles. The zero-order valence-electron chi connectivity index (χ0n) is 10.4. The molecule has 3 atom stereocenters. The monoisotopic (exact) mass is 227 g/mol. The molecule has 0 radical (unpaired) electrons. The van der Waals surface area contributed by atoms with Gasteiger partial charge in [-0.3, -0.25) is 4.79 Å². The van der Waals surface area contributed by atoms with Gasteiger partial charge in [0.25, 0.3) is 0 Å². The summed E-state index contributed by atoms with van der Waals surface area (Å²) in [5, 5.41) is 11.6. The van der Waals surface area contributed by atoms with Crippen LogP contribution in [0, 0.1) is 17.3 Å². The number of carbonyl (C=O) groups is 2. The second-order valence-electron chi connectivity index (χ2n) is 5.33. The van der Waals surface area contributed by atoms with Gasteiger partial charge in [-0.2, -0.15) is 0 Å². The summed E-state index contributed by atoms with van der Waals surface area (Å²) in [4.78, 5) is 22.8. The summed E-state index contributed by atoms with van der Waals surface area (Å²) in [6.45, 7) is 7.72. The van der Waals surface area contributed by atoms with Gasteiger partial charge in [0.15, 0.2) is 0 Å². The van der Waals surface area contributed by atoms with Crippen LogP contribution in [-0.2, 0) is 9.59 Å². The van der Waals surface area contributed by atoms with E-state index in [9.17, 15) is 9.59 Å². The third kappa shape index (κ3) is 2.54. The first kappa shape index (κ1) is 13.0. The molecule has 0 spiro atoms. The summed E-state index contributed by atoms with van der Waals surface area (Å²) in [5.41, 5.74) is 0.0874. The Morgan fingerprint density at radius 2 is 2.06 bits per heavy atom. The average Bonchev–Trinajstić information content (AvgIpc) is 2.87. The molecule has 1 rings (SSSR count). The molecular formula is C12H21NO3. The van der Waals surface area contributed by atoms with Gasteiger partial charge in [0, 0.05) is 5.92 Å². The number of hydrogen-bond acceptors (Lipinski definition) is 2. The quantitative estimate of drug-likeness (QED) is 0.750. The summed E-state index contributed by atoms with van der Waals surface area (Å²) in [6, 6.07) is -0.769. The summed E-state index contributed by atoms with van der Waals surface area (Å²) < 4.78 is 0. The van der Waals surface area contributed by atoms with Gasteiger partial charge < -0.3 is 10.4 Å². The first-order valence-electron chi connectivity index (χ1n) is 5.85. The molecule has 0 aromatic rings. The third-order valence-electron chi connectivity index (χ3n) is 3.71. The molecule has 4 heteroatoms. The maximum Gasteiger partial charge on any atom is 0.326 e. The van der Waals surface area contributed by atoms with E-state index in [1.54, 1.807) is 13.8 Å². The molecular weight excluding hydrogens is 206 g/mol. The van der Waals surface area contributed by atoms with Crippen molar-refractivity contribution in [3.8, 4) is 0 Å². The van der Waals surface area contributed by atoms with Crippen LogP contribution in [0.15, 0.2) is 0 Å². The average molecular weight is 227 g/mol. The minimum atomic E-state index is -0.956. The van der Waals surface area contributed by atoms with Gasteiger partial charge >= 0.3 is 5.97 Å². The summed E-state index contributed by atoms with van der Waals surface area (Å²) >= 11 is 0. The summed E-state index contributed by atoms with van der Waals surface area (Å²) in [6.07, 6.45) is 1.84. The van der Waals surface area contributed by atoms with Gasteiger partial charge in [-0.1, -0.05) is 27.7 Å². The van der Waals surface area contributed by atoms with E-state index in [-0.39, 0.29) is 23.2 Å². The number of carboxylic acid groups (broad SMARTS) is 1. The van der Waals surface area contributed by atoms with E-state index < -0.39 is 12.0 Å². The van der Waals surface area contributed by atoms with Crippen LogP contribution in [0.4, 0.5) is 0 Å². The fraction of sp³-hybridized carbons (Fsp3) is 0.833. The second kappa shape index (κ2) is 4.44. The SMILES string of the molecule is CCC1(C)CC1C(=O)NC(C(=O)O)C(C)C. The molecule has 2 N–H and O–H groups in total. The van der Waals surface area contributed by atoms with Crippen molar-refractivity contribution in [2.75, 3.05) is 0 Å². The van der Waals surface area contributed by atoms with E-state index in [1.807, 2.05) is 0 Å². The lowest BCUT2D eigenvalue weighted by molar-refractivity contribution is -0.143. The Morgan fingerprint density at radius 3 is 2.38 bits per heavy atom. The Morgan fingerprint density at radius 1 is 1.50 bits per heavy atom. The zero-order chi connectivity index (χ0) is 12.5. The maximum absolute atomic E-state index is 11.8. The van der Waals surface area contributed by atoms with Crippen LogP contribution in [0.2, 0.25) is 0 Å². The van der Waals surface area contributed by atoms with Crippen LogP contribution >= 0.6 is 0 Å². The van der Waals surface area contributed by atoms with Gasteiger partial charge in [-0.25, -0.2) is 4.79 Å². The Kier molecular flexibility index (Phi) is 3.61. The number of hydrogen-bond donors (Lipinski definition) is 2. The minimum Gasteiger partial charge on any atom is -0.480 e.